The highest BCUT2D eigenvalue weighted by Crippen LogP contribution is 2.46. The summed E-state index contributed by atoms with van der Waals surface area (Å²) in [7, 11) is 0. The van der Waals surface area contributed by atoms with Crippen LogP contribution in [0.1, 0.15) is 19.3 Å². The molecule has 2 aliphatic rings. The van der Waals surface area contributed by atoms with E-state index >= 15 is 0 Å². The van der Waals surface area contributed by atoms with Crippen LogP contribution in [0.15, 0.2) is 0 Å². The van der Waals surface area contributed by atoms with Gasteiger partial charge in [-0.2, -0.15) is 0 Å². The predicted octanol–water partition coefficient (Wildman–Crippen LogP) is 1.75. The molecule has 0 amide bonds. The van der Waals surface area contributed by atoms with Gasteiger partial charge < -0.3 is 0 Å². The number of alkyl halides is 1. The Hall–Kier alpha value is 0.150. The van der Waals surface area contributed by atoms with Gasteiger partial charge in [-0.05, 0) is 18.8 Å². The van der Waals surface area contributed by atoms with E-state index in [4.69, 9.17) is 0 Å². The third-order valence-corrected chi connectivity index (χ3v) is 3.95. The summed E-state index contributed by atoms with van der Waals surface area (Å²) in [6.45, 7) is 0. The highest BCUT2D eigenvalue weighted by Gasteiger charge is 2.45. The summed E-state index contributed by atoms with van der Waals surface area (Å²) in [4.78, 5) is 11.5. The SMILES string of the molecule is O=C1C[C@H]2CC[C@@H]1[C@H]2Br. The first-order valence-corrected chi connectivity index (χ1v) is 4.37. The summed E-state index contributed by atoms with van der Waals surface area (Å²) in [5, 5.41) is 0. The molecule has 0 saturated heterocycles. The molecule has 0 aromatic rings. The molecular formula is C7H9BrO. The fourth-order valence-electron chi connectivity index (χ4n) is 2.00. The number of carbonyl (C=O) groups is 1. The predicted molar refractivity (Wildman–Crippen MR) is 38.6 cm³/mol. The average Bonchev–Trinajstić information content (AvgIpc) is 2.25. The van der Waals surface area contributed by atoms with E-state index in [9.17, 15) is 4.79 Å². The van der Waals surface area contributed by atoms with E-state index in [1.54, 1.807) is 0 Å². The quantitative estimate of drug-likeness (QED) is 0.530. The van der Waals surface area contributed by atoms with Crippen molar-refractivity contribution >= 4 is 21.7 Å². The van der Waals surface area contributed by atoms with E-state index < -0.39 is 0 Å². The second-order valence-electron chi connectivity index (χ2n) is 3.06. The second kappa shape index (κ2) is 1.82. The molecule has 2 heteroatoms. The molecule has 2 bridgehead atoms. The zero-order chi connectivity index (χ0) is 6.43. The smallest absolute Gasteiger partial charge is 0.137 e. The van der Waals surface area contributed by atoms with Crippen molar-refractivity contribution in [3.05, 3.63) is 0 Å². The number of hydrogen-bond acceptors (Lipinski definition) is 1. The van der Waals surface area contributed by atoms with Gasteiger partial charge in [0.15, 0.2) is 0 Å². The van der Waals surface area contributed by atoms with Gasteiger partial charge in [-0.25, -0.2) is 0 Å². The van der Waals surface area contributed by atoms with Crippen molar-refractivity contribution in [1.82, 2.24) is 0 Å². The van der Waals surface area contributed by atoms with Crippen molar-refractivity contribution in [2.45, 2.75) is 24.1 Å². The number of ketones is 1. The van der Waals surface area contributed by atoms with Crippen molar-refractivity contribution in [3.8, 4) is 0 Å². The van der Waals surface area contributed by atoms with Gasteiger partial charge in [-0.1, -0.05) is 15.9 Å². The minimum atomic E-state index is 0.384. The van der Waals surface area contributed by atoms with E-state index in [1.807, 2.05) is 0 Å². The van der Waals surface area contributed by atoms with E-state index in [2.05, 4.69) is 15.9 Å². The van der Waals surface area contributed by atoms with Crippen molar-refractivity contribution in [1.29, 1.82) is 0 Å². The maximum absolute atomic E-state index is 11.0. The minimum absolute atomic E-state index is 0.384. The summed E-state index contributed by atoms with van der Waals surface area (Å²) in [6.07, 6.45) is 3.26. The summed E-state index contributed by atoms with van der Waals surface area (Å²) >= 11 is 3.55. The van der Waals surface area contributed by atoms with Gasteiger partial charge in [0.25, 0.3) is 0 Å². The summed E-state index contributed by atoms with van der Waals surface area (Å²) in [6, 6.07) is 0. The Labute approximate surface area is 62.9 Å². The molecule has 9 heavy (non-hydrogen) atoms. The molecule has 0 heterocycles. The topological polar surface area (TPSA) is 17.1 Å². The van der Waals surface area contributed by atoms with Crippen LogP contribution in [0, 0.1) is 11.8 Å². The first-order valence-electron chi connectivity index (χ1n) is 3.46. The normalized spacial score (nSPS) is 48.6. The van der Waals surface area contributed by atoms with Crippen LogP contribution in [-0.4, -0.2) is 10.6 Å². The molecule has 0 aliphatic heterocycles. The van der Waals surface area contributed by atoms with E-state index in [0.29, 0.717) is 22.4 Å². The lowest BCUT2D eigenvalue weighted by molar-refractivity contribution is -0.121. The van der Waals surface area contributed by atoms with Crippen LogP contribution in [0.25, 0.3) is 0 Å². The Balaban J connectivity index is 2.26. The maximum Gasteiger partial charge on any atom is 0.137 e. The molecule has 0 radical (unpaired) electrons. The molecule has 50 valence electrons. The molecule has 3 atom stereocenters. The number of fused-ring (bicyclic) bond motifs is 2. The van der Waals surface area contributed by atoms with Gasteiger partial charge in [-0.3, -0.25) is 4.79 Å². The average molecular weight is 189 g/mol. The first kappa shape index (κ1) is 5.90. The van der Waals surface area contributed by atoms with Gasteiger partial charge in [0.1, 0.15) is 5.78 Å². The summed E-state index contributed by atoms with van der Waals surface area (Å²) < 4.78 is 0. The van der Waals surface area contributed by atoms with E-state index in [0.717, 1.165) is 12.8 Å². The minimum Gasteiger partial charge on any atom is -0.299 e. The van der Waals surface area contributed by atoms with Gasteiger partial charge >= 0.3 is 0 Å². The fourth-order valence-corrected chi connectivity index (χ4v) is 3.01. The summed E-state index contributed by atoms with van der Waals surface area (Å²) in [5.41, 5.74) is 0. The standard InChI is InChI=1S/C7H9BrO/c8-7-4-1-2-5(7)6(9)3-4/h4-5,7H,1-3H2/t4-,5+,7+/m1/s1. The molecule has 0 unspecified atom stereocenters. The van der Waals surface area contributed by atoms with Crippen molar-refractivity contribution in [2.24, 2.45) is 11.8 Å². The Morgan fingerprint density at radius 3 is 2.44 bits per heavy atom. The highest BCUT2D eigenvalue weighted by molar-refractivity contribution is 9.09. The van der Waals surface area contributed by atoms with Crippen LogP contribution >= 0.6 is 15.9 Å². The first-order chi connectivity index (χ1) is 4.29. The van der Waals surface area contributed by atoms with E-state index in [1.165, 1.54) is 6.42 Å². The lowest BCUT2D eigenvalue weighted by atomic mass is 10.00. The van der Waals surface area contributed by atoms with Gasteiger partial charge in [-0.15, -0.1) is 0 Å². The third-order valence-electron chi connectivity index (χ3n) is 2.56. The van der Waals surface area contributed by atoms with Crippen molar-refractivity contribution < 1.29 is 4.79 Å². The third kappa shape index (κ3) is 0.689. The highest BCUT2D eigenvalue weighted by atomic mass is 79.9. The van der Waals surface area contributed by atoms with Crippen LogP contribution < -0.4 is 0 Å². The largest absolute Gasteiger partial charge is 0.299 e. The molecule has 2 fully saturated rings. The molecule has 0 spiro atoms. The fraction of sp³-hybridized carbons (Fsp3) is 0.857. The second-order valence-corrected chi connectivity index (χ2v) is 4.12. The molecule has 2 rings (SSSR count). The van der Waals surface area contributed by atoms with Crippen molar-refractivity contribution in [3.63, 3.8) is 0 Å². The molecule has 2 saturated carbocycles. The van der Waals surface area contributed by atoms with Crippen LogP contribution in [-0.2, 0) is 4.79 Å². The van der Waals surface area contributed by atoms with Crippen LogP contribution in [0.2, 0.25) is 0 Å². The van der Waals surface area contributed by atoms with Gasteiger partial charge in [0.2, 0.25) is 0 Å². The number of rotatable bonds is 0. The number of halogens is 1. The molecular weight excluding hydrogens is 180 g/mol. The number of hydrogen-bond donors (Lipinski definition) is 0. The molecule has 2 aliphatic carbocycles. The maximum atomic E-state index is 11.0. The van der Waals surface area contributed by atoms with Crippen LogP contribution in [0.3, 0.4) is 0 Å². The number of Topliss-reactive ketones (excluding diaryl/α,β-unsaturated/α-hetero) is 1. The monoisotopic (exact) mass is 188 g/mol. The summed E-state index contributed by atoms with van der Waals surface area (Å²) in [5.74, 6) is 1.56. The number of carbonyl (C=O) groups excluding carboxylic acids is 1. The Kier molecular flexibility index (Phi) is 1.19. The zero-order valence-corrected chi connectivity index (χ0v) is 6.73. The Morgan fingerprint density at radius 2 is 2.22 bits per heavy atom. The zero-order valence-electron chi connectivity index (χ0n) is 5.14. The lowest BCUT2D eigenvalue weighted by Crippen LogP contribution is -2.10. The van der Waals surface area contributed by atoms with Crippen LogP contribution in [0.4, 0.5) is 0 Å². The molecule has 0 aromatic heterocycles. The van der Waals surface area contributed by atoms with Gasteiger partial charge in [0.05, 0.1) is 0 Å². The molecule has 0 N–H and O–H groups in total. The molecule has 0 aromatic carbocycles. The Bertz CT molecular complexity index is 155. The van der Waals surface area contributed by atoms with E-state index in [-0.39, 0.29) is 0 Å². The van der Waals surface area contributed by atoms with Crippen molar-refractivity contribution in [2.75, 3.05) is 0 Å². The van der Waals surface area contributed by atoms with Crippen LogP contribution in [0.5, 0.6) is 0 Å². The van der Waals surface area contributed by atoms with Gasteiger partial charge in [0, 0.05) is 17.2 Å². The molecule has 1 nitrogen and oxygen atoms in total. The Morgan fingerprint density at radius 1 is 1.44 bits per heavy atom. The lowest BCUT2D eigenvalue weighted by Gasteiger charge is -2.04.